The highest BCUT2D eigenvalue weighted by Gasteiger charge is 2.30. The summed E-state index contributed by atoms with van der Waals surface area (Å²) in [5.74, 6) is 0.0193. The summed E-state index contributed by atoms with van der Waals surface area (Å²) in [5, 5.41) is 29.0. The Morgan fingerprint density at radius 3 is 2.83 bits per heavy atom. The van der Waals surface area contributed by atoms with Gasteiger partial charge < -0.3 is 20.1 Å². The number of phenols is 1. The third-order valence-corrected chi connectivity index (χ3v) is 3.26. The van der Waals surface area contributed by atoms with Gasteiger partial charge in [0.05, 0.1) is 18.8 Å². The number of hydrogen-bond acceptors (Lipinski definition) is 5. The molecule has 0 heterocycles. The summed E-state index contributed by atoms with van der Waals surface area (Å²) in [5.41, 5.74) is 0.974. The SMILES string of the molecule is COc1cc2c(c(O)c1CCO)C(=O)CC[C@H]2O. The molecular formula is C13H16O5. The molecule has 1 aromatic rings. The summed E-state index contributed by atoms with van der Waals surface area (Å²) < 4.78 is 5.13. The van der Waals surface area contributed by atoms with Crippen LogP contribution in [0.5, 0.6) is 11.5 Å². The minimum atomic E-state index is -0.763. The summed E-state index contributed by atoms with van der Waals surface area (Å²) in [6.45, 7) is -0.153. The molecule has 5 heteroatoms. The van der Waals surface area contributed by atoms with Gasteiger partial charge in [-0.3, -0.25) is 4.79 Å². The van der Waals surface area contributed by atoms with Gasteiger partial charge >= 0.3 is 0 Å². The second-order valence-electron chi connectivity index (χ2n) is 4.32. The fraction of sp³-hybridized carbons (Fsp3) is 0.462. The van der Waals surface area contributed by atoms with Crippen LogP contribution in [0.2, 0.25) is 0 Å². The lowest BCUT2D eigenvalue weighted by Gasteiger charge is -2.24. The number of ether oxygens (including phenoxy) is 1. The van der Waals surface area contributed by atoms with Crippen molar-refractivity contribution in [1.82, 2.24) is 0 Å². The second kappa shape index (κ2) is 4.96. The Hall–Kier alpha value is -1.59. The van der Waals surface area contributed by atoms with Crippen LogP contribution in [0.3, 0.4) is 0 Å². The van der Waals surface area contributed by atoms with Gasteiger partial charge in [-0.2, -0.15) is 0 Å². The summed E-state index contributed by atoms with van der Waals surface area (Å²) in [4.78, 5) is 11.8. The maximum absolute atomic E-state index is 11.8. The van der Waals surface area contributed by atoms with Crippen LogP contribution in [-0.2, 0) is 6.42 Å². The number of carbonyl (C=O) groups excluding carboxylic acids is 1. The van der Waals surface area contributed by atoms with E-state index in [4.69, 9.17) is 9.84 Å². The molecule has 18 heavy (non-hydrogen) atoms. The van der Waals surface area contributed by atoms with Crippen molar-refractivity contribution in [2.75, 3.05) is 13.7 Å². The zero-order valence-corrected chi connectivity index (χ0v) is 10.1. The lowest BCUT2D eigenvalue weighted by Crippen LogP contribution is -2.17. The van der Waals surface area contributed by atoms with Crippen LogP contribution in [-0.4, -0.2) is 34.8 Å². The van der Waals surface area contributed by atoms with Crippen LogP contribution in [0.1, 0.15) is 40.4 Å². The van der Waals surface area contributed by atoms with E-state index in [0.29, 0.717) is 23.3 Å². The van der Waals surface area contributed by atoms with E-state index in [0.717, 1.165) is 0 Å². The number of hydrogen-bond donors (Lipinski definition) is 3. The Balaban J connectivity index is 2.65. The number of carbonyl (C=O) groups is 1. The average Bonchev–Trinajstić information content (AvgIpc) is 2.36. The molecule has 2 rings (SSSR count). The van der Waals surface area contributed by atoms with Gasteiger partial charge in [0.15, 0.2) is 5.78 Å². The van der Waals surface area contributed by atoms with Crippen molar-refractivity contribution in [3.63, 3.8) is 0 Å². The van der Waals surface area contributed by atoms with Crippen LogP contribution < -0.4 is 4.74 Å². The maximum atomic E-state index is 11.8. The van der Waals surface area contributed by atoms with Crippen molar-refractivity contribution < 1.29 is 24.9 Å². The van der Waals surface area contributed by atoms with E-state index in [-0.39, 0.29) is 36.5 Å². The third-order valence-electron chi connectivity index (χ3n) is 3.26. The zero-order valence-electron chi connectivity index (χ0n) is 10.1. The Morgan fingerprint density at radius 1 is 1.50 bits per heavy atom. The lowest BCUT2D eigenvalue weighted by molar-refractivity contribution is 0.0891. The van der Waals surface area contributed by atoms with Crippen molar-refractivity contribution in [2.24, 2.45) is 0 Å². The molecule has 1 aromatic carbocycles. The summed E-state index contributed by atoms with van der Waals surface area (Å²) in [7, 11) is 1.44. The van der Waals surface area contributed by atoms with Gasteiger partial charge in [-0.25, -0.2) is 0 Å². The number of aromatic hydroxyl groups is 1. The Kier molecular flexibility index (Phi) is 3.54. The second-order valence-corrected chi connectivity index (χ2v) is 4.32. The lowest BCUT2D eigenvalue weighted by atomic mass is 9.85. The molecule has 0 saturated carbocycles. The van der Waals surface area contributed by atoms with Crippen LogP contribution >= 0.6 is 0 Å². The number of fused-ring (bicyclic) bond motifs is 1. The van der Waals surface area contributed by atoms with E-state index in [9.17, 15) is 15.0 Å². The minimum Gasteiger partial charge on any atom is -0.507 e. The number of methoxy groups -OCH3 is 1. The number of phenolic OH excluding ortho intramolecular Hbond substituents is 1. The first-order valence-electron chi connectivity index (χ1n) is 5.85. The topological polar surface area (TPSA) is 87.0 Å². The number of rotatable bonds is 3. The Bertz CT molecular complexity index is 481. The Labute approximate surface area is 105 Å². The first kappa shape index (κ1) is 12.9. The molecule has 0 saturated heterocycles. The van der Waals surface area contributed by atoms with E-state index in [1.807, 2.05) is 0 Å². The molecule has 1 aliphatic carbocycles. The third kappa shape index (κ3) is 1.95. The van der Waals surface area contributed by atoms with Gasteiger partial charge in [0.25, 0.3) is 0 Å². The summed E-state index contributed by atoms with van der Waals surface area (Å²) in [6, 6.07) is 1.57. The molecule has 98 valence electrons. The number of benzene rings is 1. The molecule has 0 radical (unpaired) electrons. The van der Waals surface area contributed by atoms with Gasteiger partial charge in [-0.1, -0.05) is 0 Å². The van der Waals surface area contributed by atoms with E-state index in [2.05, 4.69) is 0 Å². The predicted octanol–water partition coefficient (Wildman–Crippen LogP) is 0.945. The fourth-order valence-corrected chi connectivity index (χ4v) is 2.34. The van der Waals surface area contributed by atoms with Crippen molar-refractivity contribution in [1.29, 1.82) is 0 Å². The Morgan fingerprint density at radius 2 is 2.22 bits per heavy atom. The molecular weight excluding hydrogens is 236 g/mol. The van der Waals surface area contributed by atoms with Gasteiger partial charge in [-0.15, -0.1) is 0 Å². The van der Waals surface area contributed by atoms with E-state index in [1.54, 1.807) is 6.07 Å². The minimum absolute atomic E-state index is 0.153. The molecule has 0 aromatic heterocycles. The monoisotopic (exact) mass is 252 g/mol. The molecule has 3 N–H and O–H groups in total. The zero-order chi connectivity index (χ0) is 13.3. The molecule has 0 bridgehead atoms. The van der Waals surface area contributed by atoms with Crippen molar-refractivity contribution in [2.45, 2.75) is 25.4 Å². The average molecular weight is 252 g/mol. The number of ketones is 1. The van der Waals surface area contributed by atoms with Crippen LogP contribution in [0.4, 0.5) is 0 Å². The van der Waals surface area contributed by atoms with E-state index < -0.39 is 6.10 Å². The molecule has 0 fully saturated rings. The molecule has 1 atom stereocenters. The highest BCUT2D eigenvalue weighted by Crippen LogP contribution is 2.41. The standard InChI is InChI=1S/C13H16O5/c1-18-11-6-8-9(15)2-3-10(16)12(8)13(17)7(11)4-5-14/h6,9,14-15,17H,2-5H2,1H3/t9-/m1/s1. The smallest absolute Gasteiger partial charge is 0.167 e. The number of aliphatic hydroxyl groups excluding tert-OH is 2. The van der Waals surface area contributed by atoms with Gasteiger partial charge in [0.2, 0.25) is 0 Å². The summed E-state index contributed by atoms with van der Waals surface area (Å²) >= 11 is 0. The van der Waals surface area contributed by atoms with Gasteiger partial charge in [0, 0.05) is 25.0 Å². The van der Waals surface area contributed by atoms with Gasteiger partial charge in [-0.05, 0) is 18.1 Å². The molecule has 5 nitrogen and oxygen atoms in total. The summed E-state index contributed by atoms with van der Waals surface area (Å²) in [6.07, 6.45) is 0.00664. The predicted molar refractivity (Wildman–Crippen MR) is 64.0 cm³/mol. The first-order chi connectivity index (χ1) is 8.60. The van der Waals surface area contributed by atoms with Crippen molar-refractivity contribution in [3.05, 3.63) is 22.8 Å². The number of aliphatic hydroxyl groups is 2. The molecule has 1 aliphatic rings. The van der Waals surface area contributed by atoms with E-state index in [1.165, 1.54) is 7.11 Å². The first-order valence-corrected chi connectivity index (χ1v) is 5.85. The van der Waals surface area contributed by atoms with Crippen molar-refractivity contribution >= 4 is 5.78 Å². The molecule has 0 aliphatic heterocycles. The highest BCUT2D eigenvalue weighted by molar-refractivity contribution is 6.02. The fourth-order valence-electron chi connectivity index (χ4n) is 2.34. The molecule has 0 spiro atoms. The highest BCUT2D eigenvalue weighted by atomic mass is 16.5. The normalized spacial score (nSPS) is 18.6. The van der Waals surface area contributed by atoms with Crippen LogP contribution in [0.25, 0.3) is 0 Å². The number of Topliss-reactive ketones (excluding diaryl/α,β-unsaturated/α-hetero) is 1. The van der Waals surface area contributed by atoms with Gasteiger partial charge in [0.1, 0.15) is 11.5 Å². The van der Waals surface area contributed by atoms with Crippen LogP contribution in [0, 0.1) is 0 Å². The van der Waals surface area contributed by atoms with Crippen molar-refractivity contribution in [3.8, 4) is 11.5 Å². The van der Waals surface area contributed by atoms with Crippen LogP contribution in [0.15, 0.2) is 6.07 Å². The maximum Gasteiger partial charge on any atom is 0.167 e. The largest absolute Gasteiger partial charge is 0.507 e. The van der Waals surface area contributed by atoms with E-state index >= 15 is 0 Å². The molecule has 0 amide bonds. The molecule has 0 unspecified atom stereocenters. The quantitative estimate of drug-likeness (QED) is 0.745.